The number of nitrogens with zero attached hydrogens (tertiary/aromatic N) is 2. The van der Waals surface area contributed by atoms with Crippen LogP contribution in [0.3, 0.4) is 0 Å². The Bertz CT molecular complexity index is 996. The Labute approximate surface area is 144 Å². The van der Waals surface area contributed by atoms with Gasteiger partial charge in [0, 0.05) is 35.2 Å². The minimum atomic E-state index is -0.519. The number of methoxy groups -OCH3 is 1. The Morgan fingerprint density at radius 1 is 1.16 bits per heavy atom. The molecule has 0 saturated heterocycles. The predicted octanol–water partition coefficient (Wildman–Crippen LogP) is 3.46. The lowest BCUT2D eigenvalue weighted by molar-refractivity contribution is -0.646. The highest BCUT2D eigenvalue weighted by atomic mass is 16.6. The van der Waals surface area contributed by atoms with Gasteiger partial charge in [0.15, 0.2) is 11.5 Å². The Kier molecular flexibility index (Phi) is 4.35. The quantitative estimate of drug-likeness (QED) is 0.449. The van der Waals surface area contributed by atoms with E-state index in [-0.39, 0.29) is 17.2 Å². The number of aromatic nitrogens is 1. The second kappa shape index (κ2) is 6.60. The van der Waals surface area contributed by atoms with Crippen LogP contribution in [0.5, 0.6) is 11.5 Å². The Balaban J connectivity index is 2.06. The molecule has 1 aromatic heterocycles. The molecule has 0 radical (unpaired) electrons. The maximum atomic E-state index is 11.0. The summed E-state index contributed by atoms with van der Waals surface area (Å²) in [4.78, 5) is 10.5. The van der Waals surface area contributed by atoms with Gasteiger partial charge in [0.05, 0.1) is 18.1 Å². The van der Waals surface area contributed by atoms with Crippen LogP contribution >= 0.6 is 0 Å². The number of ether oxygens (including phenoxy) is 1. The number of non-ortho nitro benzene ring substituents is 1. The number of benzene rings is 2. The first-order valence-corrected chi connectivity index (χ1v) is 7.62. The van der Waals surface area contributed by atoms with E-state index < -0.39 is 4.92 Å². The lowest BCUT2D eigenvalue weighted by atomic mass is 10.1. The van der Waals surface area contributed by atoms with Crippen LogP contribution in [-0.2, 0) is 7.05 Å². The first-order chi connectivity index (χ1) is 12.0. The molecule has 0 aliphatic carbocycles. The highest BCUT2D eigenvalue weighted by molar-refractivity contribution is 5.78. The van der Waals surface area contributed by atoms with Crippen molar-refractivity contribution in [2.75, 3.05) is 7.11 Å². The number of hydrogen-bond donors (Lipinski definition) is 1. The van der Waals surface area contributed by atoms with Crippen LogP contribution in [-0.4, -0.2) is 17.1 Å². The maximum absolute atomic E-state index is 11.0. The fourth-order valence-corrected chi connectivity index (χ4v) is 2.70. The number of nitro benzene ring substituents is 1. The summed E-state index contributed by atoms with van der Waals surface area (Å²) in [5.41, 5.74) is 2.13. The molecule has 2 aromatic carbocycles. The normalized spacial score (nSPS) is 11.1. The Morgan fingerprint density at radius 3 is 2.64 bits per heavy atom. The molecule has 3 rings (SSSR count). The van der Waals surface area contributed by atoms with Crippen LogP contribution in [0.2, 0.25) is 0 Å². The third-order valence-corrected chi connectivity index (χ3v) is 4.07. The first-order valence-electron chi connectivity index (χ1n) is 7.62. The molecule has 0 aliphatic rings. The number of pyridine rings is 1. The molecule has 0 saturated carbocycles. The van der Waals surface area contributed by atoms with Crippen molar-refractivity contribution < 1.29 is 19.3 Å². The molecule has 0 bridgehead atoms. The van der Waals surface area contributed by atoms with E-state index in [9.17, 15) is 15.2 Å². The van der Waals surface area contributed by atoms with Crippen molar-refractivity contribution in [2.24, 2.45) is 7.05 Å². The van der Waals surface area contributed by atoms with E-state index in [1.807, 2.05) is 48.0 Å². The summed E-state index contributed by atoms with van der Waals surface area (Å²) >= 11 is 0. The van der Waals surface area contributed by atoms with Crippen molar-refractivity contribution in [3.05, 3.63) is 69.9 Å². The zero-order chi connectivity index (χ0) is 18.0. The Hall–Kier alpha value is -3.41. The molecular weight excluding hydrogens is 320 g/mol. The highest BCUT2D eigenvalue weighted by Gasteiger charge is 2.16. The molecule has 0 unspecified atom stereocenters. The number of nitro groups is 1. The number of phenolic OH excluding ortho intramolecular Hbond substituents is 1. The summed E-state index contributed by atoms with van der Waals surface area (Å²) < 4.78 is 7.03. The summed E-state index contributed by atoms with van der Waals surface area (Å²) in [6.07, 6.45) is 3.43. The van der Waals surface area contributed by atoms with Crippen molar-refractivity contribution >= 4 is 28.7 Å². The van der Waals surface area contributed by atoms with Gasteiger partial charge in [-0.1, -0.05) is 12.1 Å². The lowest BCUT2D eigenvalue weighted by Gasteiger charge is -2.06. The average Bonchev–Trinajstić information content (AvgIpc) is 2.62. The van der Waals surface area contributed by atoms with Crippen molar-refractivity contribution in [3.8, 4) is 11.5 Å². The number of hydrogen-bond acceptors (Lipinski definition) is 4. The molecule has 1 heterocycles. The Morgan fingerprint density at radius 2 is 1.92 bits per heavy atom. The molecule has 126 valence electrons. The van der Waals surface area contributed by atoms with Gasteiger partial charge in [-0.15, -0.1) is 0 Å². The molecule has 3 aromatic rings. The number of aryl methyl sites for hydroxylation is 1. The van der Waals surface area contributed by atoms with E-state index in [0.717, 1.165) is 16.6 Å². The summed E-state index contributed by atoms with van der Waals surface area (Å²) in [5, 5.41) is 22.4. The number of fused-ring (bicyclic) bond motifs is 1. The zero-order valence-electron chi connectivity index (χ0n) is 13.8. The van der Waals surface area contributed by atoms with Crippen LogP contribution in [0.15, 0.2) is 48.5 Å². The number of phenols is 1. The average molecular weight is 337 g/mol. The van der Waals surface area contributed by atoms with E-state index >= 15 is 0 Å². The molecular formula is C19H17N2O4+. The third-order valence-electron chi connectivity index (χ3n) is 4.07. The first kappa shape index (κ1) is 16.4. The standard InChI is InChI=1S/C19H16N2O4/c1-20-15(9-7-13-5-3-4-6-17(13)20)10-8-14-11-16(21(23)24)12-18(25-2)19(14)22/h3-12H,1-2H3/p+1. The highest BCUT2D eigenvalue weighted by Crippen LogP contribution is 2.35. The largest absolute Gasteiger partial charge is 0.504 e. The zero-order valence-corrected chi connectivity index (χ0v) is 13.8. The monoisotopic (exact) mass is 337 g/mol. The summed E-state index contributed by atoms with van der Waals surface area (Å²) in [6, 6.07) is 14.4. The second-order valence-electron chi connectivity index (χ2n) is 5.55. The molecule has 0 atom stereocenters. The van der Waals surface area contributed by atoms with Gasteiger partial charge in [-0.2, -0.15) is 4.57 Å². The van der Waals surface area contributed by atoms with Gasteiger partial charge in [-0.3, -0.25) is 10.1 Å². The lowest BCUT2D eigenvalue weighted by Crippen LogP contribution is -2.32. The molecule has 0 fully saturated rings. The van der Waals surface area contributed by atoms with E-state index in [4.69, 9.17) is 4.74 Å². The summed E-state index contributed by atoms with van der Waals surface area (Å²) in [5.74, 6) is -0.0653. The molecule has 6 nitrogen and oxygen atoms in total. The van der Waals surface area contributed by atoms with Crippen LogP contribution in [0, 0.1) is 10.1 Å². The van der Waals surface area contributed by atoms with Gasteiger partial charge in [0.25, 0.3) is 5.69 Å². The van der Waals surface area contributed by atoms with Gasteiger partial charge in [-0.05, 0) is 18.2 Å². The fraction of sp³-hybridized carbons (Fsp3) is 0.105. The smallest absolute Gasteiger partial charge is 0.274 e. The maximum Gasteiger partial charge on any atom is 0.274 e. The van der Waals surface area contributed by atoms with Crippen LogP contribution in [0.25, 0.3) is 23.1 Å². The van der Waals surface area contributed by atoms with Gasteiger partial charge >= 0.3 is 0 Å². The van der Waals surface area contributed by atoms with Gasteiger partial charge < -0.3 is 9.84 Å². The van der Waals surface area contributed by atoms with Crippen LogP contribution < -0.4 is 9.30 Å². The van der Waals surface area contributed by atoms with Crippen molar-refractivity contribution in [1.29, 1.82) is 0 Å². The number of para-hydroxylation sites is 1. The van der Waals surface area contributed by atoms with E-state index in [1.54, 1.807) is 12.2 Å². The third kappa shape index (κ3) is 3.14. The van der Waals surface area contributed by atoms with Crippen LogP contribution in [0.1, 0.15) is 11.3 Å². The molecule has 1 N–H and O–H groups in total. The van der Waals surface area contributed by atoms with Crippen molar-refractivity contribution in [1.82, 2.24) is 0 Å². The minimum absolute atomic E-state index is 0.0664. The van der Waals surface area contributed by atoms with Gasteiger partial charge in [0.2, 0.25) is 11.2 Å². The second-order valence-corrected chi connectivity index (χ2v) is 5.55. The molecule has 0 spiro atoms. The van der Waals surface area contributed by atoms with E-state index in [1.165, 1.54) is 19.2 Å². The van der Waals surface area contributed by atoms with Crippen molar-refractivity contribution in [3.63, 3.8) is 0 Å². The molecule has 25 heavy (non-hydrogen) atoms. The van der Waals surface area contributed by atoms with E-state index in [0.29, 0.717) is 5.56 Å². The topological polar surface area (TPSA) is 76.5 Å². The predicted molar refractivity (Wildman–Crippen MR) is 95.4 cm³/mol. The molecule has 0 amide bonds. The van der Waals surface area contributed by atoms with Crippen molar-refractivity contribution in [2.45, 2.75) is 0 Å². The van der Waals surface area contributed by atoms with Crippen LogP contribution in [0.4, 0.5) is 5.69 Å². The fourth-order valence-electron chi connectivity index (χ4n) is 2.70. The molecule has 6 heteroatoms. The number of rotatable bonds is 4. The SMILES string of the molecule is COc1cc([N+](=O)[O-])cc(/C=C/c2ccc3ccccc3[n+]2C)c1O. The van der Waals surface area contributed by atoms with Gasteiger partial charge in [0.1, 0.15) is 7.05 Å². The summed E-state index contributed by atoms with van der Waals surface area (Å²) in [7, 11) is 3.30. The molecule has 0 aliphatic heterocycles. The van der Waals surface area contributed by atoms with Gasteiger partial charge in [-0.25, -0.2) is 0 Å². The minimum Gasteiger partial charge on any atom is -0.504 e. The summed E-state index contributed by atoms with van der Waals surface area (Å²) in [6.45, 7) is 0. The van der Waals surface area contributed by atoms with E-state index in [2.05, 4.69) is 0 Å². The number of aromatic hydroxyl groups is 1.